The van der Waals surface area contributed by atoms with Gasteiger partial charge in [-0.15, -0.1) is 10.2 Å². The molecule has 8 nitrogen and oxygen atoms in total. The van der Waals surface area contributed by atoms with E-state index in [4.69, 9.17) is 16.3 Å². The number of aromatic nitrogens is 5. The number of hydrogen-bond acceptors (Lipinski definition) is 7. The zero-order valence-electron chi connectivity index (χ0n) is 20.1. The molecule has 6 rings (SSSR count). The molecule has 3 aromatic rings. The van der Waals surface area contributed by atoms with Crippen LogP contribution in [0.1, 0.15) is 41.7 Å². The number of hydrogen-bond donors (Lipinski definition) is 0. The lowest BCUT2D eigenvalue weighted by Gasteiger charge is -2.36. The summed E-state index contributed by atoms with van der Waals surface area (Å²) in [7, 11) is 0. The van der Waals surface area contributed by atoms with Gasteiger partial charge in [-0.1, -0.05) is 11.6 Å². The normalized spacial score (nSPS) is 19.5. The Hall–Kier alpha value is -2.69. The van der Waals surface area contributed by atoms with E-state index in [-0.39, 0.29) is 25.7 Å². The predicted octanol–water partition coefficient (Wildman–Crippen LogP) is 4.00. The van der Waals surface area contributed by atoms with Crippen molar-refractivity contribution < 1.29 is 13.5 Å². The summed E-state index contributed by atoms with van der Waals surface area (Å²) in [5, 5.41) is 9.66. The van der Waals surface area contributed by atoms with E-state index in [0.29, 0.717) is 23.9 Å². The van der Waals surface area contributed by atoms with E-state index in [0.717, 1.165) is 54.6 Å². The highest BCUT2D eigenvalue weighted by molar-refractivity contribution is 6.30. The molecule has 3 aliphatic rings. The summed E-state index contributed by atoms with van der Waals surface area (Å²) in [4.78, 5) is 12.9. The second-order valence-corrected chi connectivity index (χ2v) is 10.4. The van der Waals surface area contributed by atoms with Gasteiger partial charge in [0.25, 0.3) is 5.92 Å². The third kappa shape index (κ3) is 4.46. The fourth-order valence-electron chi connectivity index (χ4n) is 5.30. The summed E-state index contributed by atoms with van der Waals surface area (Å²) < 4.78 is 36.9. The molecule has 2 saturated heterocycles. The molecule has 2 fully saturated rings. The van der Waals surface area contributed by atoms with Crippen molar-refractivity contribution >= 4 is 17.5 Å². The van der Waals surface area contributed by atoms with Gasteiger partial charge >= 0.3 is 0 Å². The van der Waals surface area contributed by atoms with Gasteiger partial charge in [0.2, 0.25) is 5.95 Å². The molecule has 3 aliphatic heterocycles. The van der Waals surface area contributed by atoms with E-state index in [9.17, 15) is 8.78 Å². The lowest BCUT2D eigenvalue weighted by Crippen LogP contribution is -2.49. The molecule has 0 amide bonds. The monoisotopic (exact) mass is 515 g/mol. The summed E-state index contributed by atoms with van der Waals surface area (Å²) in [5.74, 6) is -1.08. The van der Waals surface area contributed by atoms with Crippen LogP contribution in [-0.4, -0.2) is 68.4 Å². The molecule has 0 bridgehead atoms. The van der Waals surface area contributed by atoms with Crippen molar-refractivity contribution in [2.45, 2.75) is 44.7 Å². The number of anilines is 1. The molecular formula is C25H28ClF2N7O. The molecule has 36 heavy (non-hydrogen) atoms. The van der Waals surface area contributed by atoms with Gasteiger partial charge in [-0.3, -0.25) is 9.47 Å². The molecule has 5 heterocycles. The molecule has 0 radical (unpaired) electrons. The number of ether oxygens (including phenoxy) is 1. The van der Waals surface area contributed by atoms with Gasteiger partial charge in [0.05, 0.1) is 37.9 Å². The van der Waals surface area contributed by atoms with E-state index >= 15 is 0 Å². The summed E-state index contributed by atoms with van der Waals surface area (Å²) in [6.07, 6.45) is 3.54. The average Bonchev–Trinajstić information content (AvgIpc) is 3.14. The van der Waals surface area contributed by atoms with Crippen molar-refractivity contribution in [3.63, 3.8) is 0 Å². The number of piperidine rings is 1. The second kappa shape index (κ2) is 9.32. The van der Waals surface area contributed by atoms with E-state index in [2.05, 4.69) is 29.6 Å². The number of nitrogens with zero attached hydrogens (tertiary/aromatic N) is 7. The van der Waals surface area contributed by atoms with Crippen molar-refractivity contribution in [1.29, 1.82) is 0 Å². The van der Waals surface area contributed by atoms with E-state index in [1.165, 1.54) is 0 Å². The number of alkyl halides is 2. The maximum Gasteiger partial charge on any atom is 0.267 e. The first-order valence-corrected chi connectivity index (χ1v) is 12.7. The van der Waals surface area contributed by atoms with Crippen LogP contribution in [0.15, 0.2) is 30.5 Å². The molecule has 2 aromatic heterocycles. The lowest BCUT2D eigenvalue weighted by atomic mass is 9.95. The second-order valence-electron chi connectivity index (χ2n) is 9.98. The van der Waals surface area contributed by atoms with Gasteiger partial charge in [0.15, 0.2) is 5.82 Å². The Labute approximate surface area is 213 Å². The van der Waals surface area contributed by atoms with Crippen LogP contribution in [0, 0.1) is 12.8 Å². The minimum Gasteiger partial charge on any atom is -0.380 e. The topological polar surface area (TPSA) is 72.2 Å². The van der Waals surface area contributed by atoms with Crippen LogP contribution in [0.3, 0.4) is 0 Å². The van der Waals surface area contributed by atoms with Crippen LogP contribution >= 0.6 is 11.6 Å². The summed E-state index contributed by atoms with van der Waals surface area (Å²) in [6, 6.07) is 7.54. The van der Waals surface area contributed by atoms with Crippen molar-refractivity contribution in [3.8, 4) is 5.69 Å². The van der Waals surface area contributed by atoms with Gasteiger partial charge in [-0.25, -0.2) is 18.7 Å². The minimum atomic E-state index is -2.83. The van der Waals surface area contributed by atoms with E-state index in [1.54, 1.807) is 11.1 Å². The fraction of sp³-hybridized carbons (Fsp3) is 0.520. The number of fused-ring (bicyclic) bond motifs is 3. The molecule has 0 unspecified atom stereocenters. The first kappa shape index (κ1) is 23.7. The summed E-state index contributed by atoms with van der Waals surface area (Å²) >= 11 is 6.33. The Morgan fingerprint density at radius 1 is 1.11 bits per heavy atom. The molecule has 11 heteroatoms. The quantitative estimate of drug-likeness (QED) is 0.508. The van der Waals surface area contributed by atoms with Gasteiger partial charge < -0.3 is 9.64 Å². The predicted molar refractivity (Wildman–Crippen MR) is 131 cm³/mol. The zero-order chi connectivity index (χ0) is 24.9. The Morgan fingerprint density at radius 3 is 2.64 bits per heavy atom. The largest absolute Gasteiger partial charge is 0.380 e. The van der Waals surface area contributed by atoms with Crippen molar-refractivity contribution in [2.75, 3.05) is 37.7 Å². The Kier molecular flexibility index (Phi) is 6.13. The SMILES string of the molecule is Cc1ccnc(N2CCC(c3nnc4n3-c3ccc(Cl)cc3CN(CC(F)(F)C3COC3)C4)CC2)n1. The van der Waals surface area contributed by atoms with E-state index in [1.807, 2.05) is 31.2 Å². The number of benzene rings is 1. The average molecular weight is 516 g/mol. The fourth-order valence-corrected chi connectivity index (χ4v) is 5.49. The van der Waals surface area contributed by atoms with Crippen molar-refractivity contribution in [3.05, 3.63) is 58.4 Å². The summed E-state index contributed by atoms with van der Waals surface area (Å²) in [6.45, 7) is 4.10. The van der Waals surface area contributed by atoms with Gasteiger partial charge in [0, 0.05) is 42.5 Å². The molecule has 0 N–H and O–H groups in total. The number of aryl methyl sites for hydroxylation is 1. The summed E-state index contributed by atoms with van der Waals surface area (Å²) in [5.41, 5.74) is 2.75. The first-order valence-electron chi connectivity index (χ1n) is 12.3. The van der Waals surface area contributed by atoms with Crippen molar-refractivity contribution in [1.82, 2.24) is 29.6 Å². The van der Waals surface area contributed by atoms with Crippen LogP contribution in [0.4, 0.5) is 14.7 Å². The molecule has 0 spiro atoms. The first-order chi connectivity index (χ1) is 17.4. The molecule has 0 saturated carbocycles. The Bertz CT molecular complexity index is 1260. The van der Waals surface area contributed by atoms with E-state index < -0.39 is 11.8 Å². The smallest absolute Gasteiger partial charge is 0.267 e. The van der Waals surface area contributed by atoms with Crippen LogP contribution in [-0.2, 0) is 17.8 Å². The highest BCUT2D eigenvalue weighted by atomic mass is 35.5. The maximum atomic E-state index is 14.9. The lowest BCUT2D eigenvalue weighted by molar-refractivity contribution is -0.179. The molecule has 190 valence electrons. The highest BCUT2D eigenvalue weighted by Crippen LogP contribution is 2.36. The molecule has 0 atom stereocenters. The molecule has 1 aromatic carbocycles. The molecular weight excluding hydrogens is 488 g/mol. The number of rotatable bonds is 5. The number of halogens is 3. The van der Waals surface area contributed by atoms with Gasteiger partial charge in [-0.2, -0.15) is 0 Å². The zero-order valence-corrected chi connectivity index (χ0v) is 20.8. The van der Waals surface area contributed by atoms with Crippen LogP contribution in [0.25, 0.3) is 5.69 Å². The molecule has 0 aliphatic carbocycles. The van der Waals surface area contributed by atoms with Crippen LogP contribution < -0.4 is 4.90 Å². The van der Waals surface area contributed by atoms with Gasteiger partial charge in [0.1, 0.15) is 5.82 Å². The Balaban J connectivity index is 1.27. The third-order valence-electron chi connectivity index (χ3n) is 7.39. The third-order valence-corrected chi connectivity index (χ3v) is 7.63. The van der Waals surface area contributed by atoms with Gasteiger partial charge in [-0.05, 0) is 49.6 Å². The minimum absolute atomic E-state index is 0.107. The van der Waals surface area contributed by atoms with Crippen molar-refractivity contribution in [2.24, 2.45) is 5.92 Å². The van der Waals surface area contributed by atoms with Crippen LogP contribution in [0.2, 0.25) is 5.02 Å². The Morgan fingerprint density at radius 2 is 1.92 bits per heavy atom. The maximum absolute atomic E-state index is 14.9. The standard InChI is InChI=1S/C25H28ClF2N7O/c1-16-4-7-29-24(30-16)34-8-5-17(6-9-34)23-32-31-22-12-33(15-25(27,28)19-13-36-14-19)11-18-10-20(26)2-3-21(18)35(22)23/h2-4,7,10,17,19H,5-6,8-9,11-15H2,1H3. The highest BCUT2D eigenvalue weighted by Gasteiger charge is 2.45. The van der Waals surface area contributed by atoms with Crippen LogP contribution in [0.5, 0.6) is 0 Å².